The maximum Gasteiger partial charge on any atom is 0.226 e. The van der Waals surface area contributed by atoms with Crippen LogP contribution >= 0.6 is 0 Å². The number of benzene rings is 3. The van der Waals surface area contributed by atoms with Gasteiger partial charge in [0.2, 0.25) is 5.89 Å². The molecule has 0 fully saturated rings. The molecule has 4 rings (SSSR count). The Morgan fingerprint density at radius 3 is 2.12 bits per heavy atom. The fourth-order valence-electron chi connectivity index (χ4n) is 4.27. The standard InChI is InChI=1S/C30H35NO3/c1-19-12-13-26(23-11-9-8-10-22(19)23)33-15-14-21-18-34-28(31-21)20-16-24(29(2,3)4)27(32)25(17-20)30(5,6)7/h8-13,16-18,32H,14-15H2,1-7H3. The lowest BCUT2D eigenvalue weighted by Gasteiger charge is -2.27. The van der Waals surface area contributed by atoms with Crippen LogP contribution in [0.2, 0.25) is 0 Å². The van der Waals surface area contributed by atoms with E-state index in [0.717, 1.165) is 33.5 Å². The van der Waals surface area contributed by atoms with E-state index < -0.39 is 0 Å². The number of aromatic nitrogens is 1. The molecule has 3 aromatic carbocycles. The molecule has 0 saturated heterocycles. The highest BCUT2D eigenvalue weighted by molar-refractivity contribution is 5.90. The number of hydrogen-bond acceptors (Lipinski definition) is 4. The zero-order chi connectivity index (χ0) is 24.7. The summed E-state index contributed by atoms with van der Waals surface area (Å²) < 4.78 is 12.0. The molecule has 1 heterocycles. The summed E-state index contributed by atoms with van der Waals surface area (Å²) in [6.07, 6.45) is 2.34. The Morgan fingerprint density at radius 1 is 0.882 bits per heavy atom. The number of aromatic hydroxyl groups is 1. The highest BCUT2D eigenvalue weighted by Gasteiger charge is 2.27. The monoisotopic (exact) mass is 457 g/mol. The van der Waals surface area contributed by atoms with Crippen LogP contribution in [0.3, 0.4) is 0 Å². The third-order valence-corrected chi connectivity index (χ3v) is 6.24. The van der Waals surface area contributed by atoms with Crippen molar-refractivity contribution in [1.29, 1.82) is 0 Å². The van der Waals surface area contributed by atoms with Crippen LogP contribution < -0.4 is 4.74 Å². The number of aryl methyl sites for hydroxylation is 1. The molecule has 1 aromatic heterocycles. The van der Waals surface area contributed by atoms with Gasteiger partial charge in [0.05, 0.1) is 12.3 Å². The van der Waals surface area contributed by atoms with E-state index in [9.17, 15) is 5.11 Å². The molecule has 0 spiro atoms. The Balaban J connectivity index is 1.56. The molecule has 0 atom stereocenters. The van der Waals surface area contributed by atoms with Crippen molar-refractivity contribution in [2.24, 2.45) is 0 Å². The van der Waals surface area contributed by atoms with Crippen molar-refractivity contribution in [2.75, 3.05) is 6.61 Å². The van der Waals surface area contributed by atoms with Gasteiger partial charge in [-0.25, -0.2) is 4.98 Å². The molecule has 0 amide bonds. The number of hydrogen-bond donors (Lipinski definition) is 1. The fraction of sp³-hybridized carbons (Fsp3) is 0.367. The Morgan fingerprint density at radius 2 is 1.50 bits per heavy atom. The molecule has 0 unspecified atom stereocenters. The molecular weight excluding hydrogens is 422 g/mol. The van der Waals surface area contributed by atoms with E-state index in [4.69, 9.17) is 14.1 Å². The van der Waals surface area contributed by atoms with Crippen LogP contribution in [-0.4, -0.2) is 16.7 Å². The summed E-state index contributed by atoms with van der Waals surface area (Å²) in [5.74, 6) is 1.80. The highest BCUT2D eigenvalue weighted by Crippen LogP contribution is 2.41. The summed E-state index contributed by atoms with van der Waals surface area (Å²) in [5, 5.41) is 13.3. The van der Waals surface area contributed by atoms with Gasteiger partial charge >= 0.3 is 0 Å². The molecule has 4 nitrogen and oxygen atoms in total. The van der Waals surface area contributed by atoms with Crippen LogP contribution in [0, 0.1) is 6.92 Å². The first-order chi connectivity index (χ1) is 15.9. The van der Waals surface area contributed by atoms with E-state index in [1.54, 1.807) is 6.26 Å². The number of ether oxygens (including phenoxy) is 1. The number of fused-ring (bicyclic) bond motifs is 1. The van der Waals surface area contributed by atoms with Crippen molar-refractivity contribution in [2.45, 2.75) is 65.7 Å². The molecule has 0 aliphatic heterocycles. The summed E-state index contributed by atoms with van der Waals surface area (Å²) >= 11 is 0. The highest BCUT2D eigenvalue weighted by atomic mass is 16.5. The van der Waals surface area contributed by atoms with Crippen molar-refractivity contribution in [1.82, 2.24) is 4.98 Å². The molecule has 1 N–H and O–H groups in total. The third-order valence-electron chi connectivity index (χ3n) is 6.24. The van der Waals surface area contributed by atoms with E-state index in [1.807, 2.05) is 24.3 Å². The summed E-state index contributed by atoms with van der Waals surface area (Å²) in [5.41, 5.74) is 4.33. The predicted octanol–water partition coefficient (Wildman–Crippen LogP) is 7.73. The minimum atomic E-state index is -0.208. The topological polar surface area (TPSA) is 55.5 Å². The van der Waals surface area contributed by atoms with Gasteiger partial charge in [-0.15, -0.1) is 0 Å². The van der Waals surface area contributed by atoms with Crippen LogP contribution in [0.5, 0.6) is 11.5 Å². The zero-order valence-electron chi connectivity index (χ0n) is 21.3. The van der Waals surface area contributed by atoms with Gasteiger partial charge in [0.1, 0.15) is 17.8 Å². The maximum absolute atomic E-state index is 11.0. The fourth-order valence-corrected chi connectivity index (χ4v) is 4.27. The van der Waals surface area contributed by atoms with Gasteiger partial charge in [-0.2, -0.15) is 0 Å². The van der Waals surface area contributed by atoms with Crippen LogP contribution in [0.15, 0.2) is 59.2 Å². The van der Waals surface area contributed by atoms with Crippen molar-refractivity contribution < 1.29 is 14.3 Å². The molecule has 4 heteroatoms. The smallest absolute Gasteiger partial charge is 0.226 e. The summed E-state index contributed by atoms with van der Waals surface area (Å²) in [6.45, 7) is 15.2. The van der Waals surface area contributed by atoms with E-state index in [2.05, 4.69) is 72.7 Å². The Labute approximate surface area is 202 Å². The van der Waals surface area contributed by atoms with Crippen LogP contribution in [0.4, 0.5) is 0 Å². The Hall–Kier alpha value is -3.27. The van der Waals surface area contributed by atoms with Crippen molar-refractivity contribution >= 4 is 10.8 Å². The molecule has 0 aliphatic carbocycles. The first-order valence-corrected chi connectivity index (χ1v) is 11.9. The van der Waals surface area contributed by atoms with E-state index in [0.29, 0.717) is 24.7 Å². The Bertz CT molecular complexity index is 1280. The second kappa shape index (κ2) is 8.83. The minimum Gasteiger partial charge on any atom is -0.507 e. The molecule has 178 valence electrons. The van der Waals surface area contributed by atoms with E-state index in [-0.39, 0.29) is 10.8 Å². The molecule has 0 radical (unpaired) electrons. The lowest BCUT2D eigenvalue weighted by molar-refractivity contribution is 0.324. The van der Waals surface area contributed by atoms with Gasteiger partial charge in [0.15, 0.2) is 0 Å². The zero-order valence-corrected chi connectivity index (χ0v) is 21.3. The predicted molar refractivity (Wildman–Crippen MR) is 139 cm³/mol. The van der Waals surface area contributed by atoms with Crippen LogP contribution in [0.1, 0.15) is 63.9 Å². The van der Waals surface area contributed by atoms with Crippen molar-refractivity contribution in [3.63, 3.8) is 0 Å². The summed E-state index contributed by atoms with van der Waals surface area (Å²) in [6, 6.07) is 16.4. The molecule has 0 aliphatic rings. The quantitative estimate of drug-likeness (QED) is 0.333. The average molecular weight is 458 g/mol. The lowest BCUT2D eigenvalue weighted by Crippen LogP contribution is -2.17. The van der Waals surface area contributed by atoms with Gasteiger partial charge in [-0.05, 0) is 46.9 Å². The largest absolute Gasteiger partial charge is 0.507 e. The van der Waals surface area contributed by atoms with E-state index >= 15 is 0 Å². The van der Waals surface area contributed by atoms with Crippen molar-refractivity contribution in [3.8, 4) is 23.0 Å². The average Bonchev–Trinajstić information content (AvgIpc) is 3.23. The second-order valence-electron chi connectivity index (χ2n) is 11.1. The van der Waals surface area contributed by atoms with E-state index in [1.165, 1.54) is 10.9 Å². The second-order valence-corrected chi connectivity index (χ2v) is 11.1. The van der Waals surface area contributed by atoms with Gasteiger partial charge < -0.3 is 14.3 Å². The normalized spacial score (nSPS) is 12.3. The van der Waals surface area contributed by atoms with Gasteiger partial charge in [-0.3, -0.25) is 0 Å². The van der Waals surface area contributed by atoms with Crippen LogP contribution in [0.25, 0.3) is 22.2 Å². The number of phenols is 1. The first kappa shape index (κ1) is 23.9. The minimum absolute atomic E-state index is 0.208. The van der Waals surface area contributed by atoms with Gasteiger partial charge in [0.25, 0.3) is 0 Å². The third kappa shape index (κ3) is 4.82. The number of phenolic OH excluding ortho intramolecular Hbond substituents is 1. The molecule has 0 saturated carbocycles. The molecular formula is C30H35NO3. The first-order valence-electron chi connectivity index (χ1n) is 11.9. The van der Waals surface area contributed by atoms with Crippen LogP contribution in [-0.2, 0) is 17.3 Å². The molecule has 34 heavy (non-hydrogen) atoms. The SMILES string of the molecule is Cc1ccc(OCCc2coc(-c3cc(C(C)(C)C)c(O)c(C(C)(C)C)c3)n2)c2ccccc12. The maximum atomic E-state index is 11.0. The number of oxazole rings is 1. The van der Waals surface area contributed by atoms with Crippen molar-refractivity contribution in [3.05, 3.63) is 77.2 Å². The lowest BCUT2D eigenvalue weighted by atomic mass is 9.78. The summed E-state index contributed by atoms with van der Waals surface area (Å²) in [7, 11) is 0. The van der Waals surface area contributed by atoms with Gasteiger partial charge in [0, 0.05) is 28.5 Å². The molecule has 0 bridgehead atoms. The number of rotatable bonds is 5. The molecule has 4 aromatic rings. The summed E-state index contributed by atoms with van der Waals surface area (Å²) in [4.78, 5) is 4.74. The Kier molecular flexibility index (Phi) is 6.20. The number of nitrogens with zero attached hydrogens (tertiary/aromatic N) is 1. The van der Waals surface area contributed by atoms with Gasteiger partial charge in [-0.1, -0.05) is 71.9 Å².